The van der Waals surface area contributed by atoms with Crippen LogP contribution in [0.2, 0.25) is 5.02 Å². The highest BCUT2D eigenvalue weighted by atomic mass is 35.5. The molecule has 0 saturated heterocycles. The van der Waals surface area contributed by atoms with E-state index in [1.165, 1.54) is 0 Å². The van der Waals surface area contributed by atoms with Crippen molar-refractivity contribution in [1.82, 2.24) is 10.6 Å². The standard InChI is InChI=1S/C14H16ClN3O3/c15-10-3-1-2-9(8-10)14(5-6-14)12(20)17-7-4-11(19)18-13(16)21/h1-3,8H,4-7H2,(H,17,20)(H3,16,18,19,21). The van der Waals surface area contributed by atoms with Crippen LogP contribution in [0, 0.1) is 0 Å². The zero-order chi connectivity index (χ0) is 15.5. The van der Waals surface area contributed by atoms with E-state index in [1.54, 1.807) is 12.1 Å². The molecule has 1 aromatic rings. The van der Waals surface area contributed by atoms with Crippen LogP contribution >= 0.6 is 11.6 Å². The van der Waals surface area contributed by atoms with E-state index in [9.17, 15) is 14.4 Å². The van der Waals surface area contributed by atoms with Crippen molar-refractivity contribution in [3.05, 3.63) is 34.9 Å². The molecule has 21 heavy (non-hydrogen) atoms. The number of benzene rings is 1. The summed E-state index contributed by atoms with van der Waals surface area (Å²) in [4.78, 5) is 34.0. The van der Waals surface area contributed by atoms with E-state index in [-0.39, 0.29) is 18.9 Å². The molecule has 0 bridgehead atoms. The number of imide groups is 1. The fraction of sp³-hybridized carbons (Fsp3) is 0.357. The molecule has 4 N–H and O–H groups in total. The maximum Gasteiger partial charge on any atom is 0.318 e. The number of carbonyl (C=O) groups excluding carboxylic acids is 3. The van der Waals surface area contributed by atoms with Crippen LogP contribution in [0.4, 0.5) is 4.79 Å². The Morgan fingerprint density at radius 3 is 2.57 bits per heavy atom. The van der Waals surface area contributed by atoms with Gasteiger partial charge in [-0.15, -0.1) is 0 Å². The summed E-state index contributed by atoms with van der Waals surface area (Å²) in [5.41, 5.74) is 5.17. The van der Waals surface area contributed by atoms with Crippen molar-refractivity contribution in [3.8, 4) is 0 Å². The Hall–Kier alpha value is -2.08. The first-order valence-electron chi connectivity index (χ1n) is 6.58. The molecule has 1 fully saturated rings. The molecule has 0 aromatic heterocycles. The number of primary amides is 1. The first kappa shape index (κ1) is 15.3. The van der Waals surface area contributed by atoms with Gasteiger partial charge in [0.1, 0.15) is 0 Å². The Balaban J connectivity index is 1.89. The van der Waals surface area contributed by atoms with Gasteiger partial charge >= 0.3 is 6.03 Å². The van der Waals surface area contributed by atoms with Crippen LogP contribution in [0.15, 0.2) is 24.3 Å². The van der Waals surface area contributed by atoms with Crippen molar-refractivity contribution >= 4 is 29.4 Å². The quantitative estimate of drug-likeness (QED) is 0.758. The fourth-order valence-corrected chi connectivity index (χ4v) is 2.41. The largest absolute Gasteiger partial charge is 0.355 e. The van der Waals surface area contributed by atoms with E-state index in [0.717, 1.165) is 18.4 Å². The molecule has 4 amide bonds. The Kier molecular flexibility index (Phi) is 4.47. The number of halogens is 1. The summed E-state index contributed by atoms with van der Waals surface area (Å²) in [6, 6.07) is 6.33. The summed E-state index contributed by atoms with van der Waals surface area (Å²) < 4.78 is 0. The zero-order valence-electron chi connectivity index (χ0n) is 11.3. The summed E-state index contributed by atoms with van der Waals surface area (Å²) in [6.45, 7) is 0.153. The third kappa shape index (κ3) is 3.72. The van der Waals surface area contributed by atoms with Gasteiger partial charge in [-0.05, 0) is 30.5 Å². The molecule has 1 aliphatic carbocycles. The van der Waals surface area contributed by atoms with Gasteiger partial charge in [-0.3, -0.25) is 14.9 Å². The molecule has 2 rings (SSSR count). The lowest BCUT2D eigenvalue weighted by atomic mass is 9.95. The highest BCUT2D eigenvalue weighted by Gasteiger charge is 2.51. The minimum atomic E-state index is -0.899. The van der Waals surface area contributed by atoms with E-state index in [4.69, 9.17) is 17.3 Å². The van der Waals surface area contributed by atoms with Gasteiger partial charge in [0, 0.05) is 18.0 Å². The molecule has 7 heteroatoms. The highest BCUT2D eigenvalue weighted by Crippen LogP contribution is 2.48. The normalized spacial score (nSPS) is 15.1. The topological polar surface area (TPSA) is 101 Å². The molecule has 0 atom stereocenters. The summed E-state index contributed by atoms with van der Waals surface area (Å²) in [7, 11) is 0. The van der Waals surface area contributed by atoms with Crippen molar-refractivity contribution in [2.75, 3.05) is 6.54 Å². The second kappa shape index (κ2) is 6.13. The van der Waals surface area contributed by atoms with Crippen LogP contribution in [0.3, 0.4) is 0 Å². The number of carbonyl (C=O) groups is 3. The van der Waals surface area contributed by atoms with Gasteiger partial charge in [-0.2, -0.15) is 0 Å². The minimum Gasteiger partial charge on any atom is -0.355 e. The van der Waals surface area contributed by atoms with Crippen molar-refractivity contribution in [1.29, 1.82) is 0 Å². The molecule has 1 aromatic carbocycles. The van der Waals surface area contributed by atoms with Crippen LogP contribution in [0.25, 0.3) is 0 Å². The highest BCUT2D eigenvalue weighted by molar-refractivity contribution is 6.30. The lowest BCUT2D eigenvalue weighted by molar-refractivity contribution is -0.123. The average Bonchev–Trinajstić information content (AvgIpc) is 3.19. The zero-order valence-corrected chi connectivity index (χ0v) is 12.1. The molecule has 0 spiro atoms. The second-order valence-corrected chi connectivity index (χ2v) is 5.45. The monoisotopic (exact) mass is 309 g/mol. The molecule has 6 nitrogen and oxygen atoms in total. The van der Waals surface area contributed by atoms with E-state index in [2.05, 4.69) is 5.32 Å². The number of amides is 4. The number of urea groups is 1. The third-order valence-electron chi connectivity index (χ3n) is 3.46. The molecular weight excluding hydrogens is 294 g/mol. The fourth-order valence-electron chi connectivity index (χ4n) is 2.22. The van der Waals surface area contributed by atoms with Gasteiger partial charge in [0.15, 0.2) is 0 Å². The Bertz CT molecular complexity index is 585. The predicted octanol–water partition coefficient (Wildman–Crippen LogP) is 1.07. The van der Waals surface area contributed by atoms with Crippen LogP contribution in [-0.4, -0.2) is 24.4 Å². The maximum absolute atomic E-state index is 12.3. The van der Waals surface area contributed by atoms with Gasteiger partial charge in [-0.25, -0.2) is 4.79 Å². The Morgan fingerprint density at radius 2 is 2.00 bits per heavy atom. The SMILES string of the molecule is NC(=O)NC(=O)CCNC(=O)C1(c2cccc(Cl)c2)CC1. The molecule has 0 unspecified atom stereocenters. The first-order valence-corrected chi connectivity index (χ1v) is 6.95. The van der Waals surface area contributed by atoms with Crippen LogP contribution in [0.1, 0.15) is 24.8 Å². The van der Waals surface area contributed by atoms with Gasteiger partial charge in [0.2, 0.25) is 11.8 Å². The van der Waals surface area contributed by atoms with Gasteiger partial charge in [0.25, 0.3) is 0 Å². The summed E-state index contributed by atoms with van der Waals surface area (Å²) in [5, 5.41) is 5.24. The molecular formula is C14H16ClN3O3. The van der Waals surface area contributed by atoms with Gasteiger partial charge < -0.3 is 11.1 Å². The predicted molar refractivity (Wildman–Crippen MR) is 77.7 cm³/mol. The van der Waals surface area contributed by atoms with Gasteiger partial charge in [0.05, 0.1) is 5.41 Å². The van der Waals surface area contributed by atoms with Crippen molar-refractivity contribution < 1.29 is 14.4 Å². The molecule has 1 aliphatic rings. The summed E-state index contributed by atoms with van der Waals surface area (Å²) in [6.07, 6.45) is 1.51. The first-order chi connectivity index (χ1) is 9.94. The third-order valence-corrected chi connectivity index (χ3v) is 3.70. The lowest BCUT2D eigenvalue weighted by Crippen LogP contribution is -2.39. The number of hydrogen-bond donors (Lipinski definition) is 3. The molecule has 1 saturated carbocycles. The lowest BCUT2D eigenvalue weighted by Gasteiger charge is -2.15. The number of nitrogens with two attached hydrogens (primary N) is 1. The van der Waals surface area contributed by atoms with Crippen LogP contribution < -0.4 is 16.4 Å². The van der Waals surface area contributed by atoms with Gasteiger partial charge in [-0.1, -0.05) is 23.7 Å². The van der Waals surface area contributed by atoms with Crippen molar-refractivity contribution in [3.63, 3.8) is 0 Å². The maximum atomic E-state index is 12.3. The Labute approximate surface area is 127 Å². The van der Waals surface area contributed by atoms with Crippen LogP contribution in [0.5, 0.6) is 0 Å². The second-order valence-electron chi connectivity index (χ2n) is 5.01. The number of nitrogens with one attached hydrogen (secondary N) is 2. The molecule has 112 valence electrons. The number of hydrogen-bond acceptors (Lipinski definition) is 3. The van der Waals surface area contributed by atoms with E-state index in [1.807, 2.05) is 17.4 Å². The smallest absolute Gasteiger partial charge is 0.318 e. The van der Waals surface area contributed by atoms with E-state index >= 15 is 0 Å². The summed E-state index contributed by atoms with van der Waals surface area (Å²) in [5.74, 6) is -0.646. The molecule has 0 radical (unpaired) electrons. The van der Waals surface area contributed by atoms with E-state index in [0.29, 0.717) is 5.02 Å². The number of rotatable bonds is 5. The average molecular weight is 310 g/mol. The van der Waals surface area contributed by atoms with Crippen LogP contribution in [-0.2, 0) is 15.0 Å². The van der Waals surface area contributed by atoms with Crippen molar-refractivity contribution in [2.45, 2.75) is 24.7 Å². The minimum absolute atomic E-state index is 0.000303. The summed E-state index contributed by atoms with van der Waals surface area (Å²) >= 11 is 5.95. The molecule has 0 aliphatic heterocycles. The molecule has 0 heterocycles. The Morgan fingerprint density at radius 1 is 1.29 bits per heavy atom. The van der Waals surface area contributed by atoms with E-state index < -0.39 is 17.4 Å². The van der Waals surface area contributed by atoms with Crippen molar-refractivity contribution in [2.24, 2.45) is 5.73 Å².